The average molecular weight is 373 g/mol. The molecule has 0 nitrogen and oxygen atoms in total. The summed E-state index contributed by atoms with van der Waals surface area (Å²) in [6, 6.07) is 24.7. The third kappa shape index (κ3) is 2.10. The number of fused-ring (bicyclic) bond motifs is 5. The lowest BCUT2D eigenvalue weighted by Gasteiger charge is -2.03. The van der Waals surface area contributed by atoms with Crippen LogP contribution in [-0.4, -0.2) is 0 Å². The summed E-state index contributed by atoms with van der Waals surface area (Å²) in [7, 11) is 0. The van der Waals surface area contributed by atoms with Gasteiger partial charge in [-0.3, -0.25) is 0 Å². The lowest BCUT2D eigenvalue weighted by Crippen LogP contribution is -1.76. The number of hydrogen-bond acceptors (Lipinski definition) is 3. The highest BCUT2D eigenvalue weighted by atomic mass is 32.1. The van der Waals surface area contributed by atoms with Gasteiger partial charge in [0.15, 0.2) is 0 Å². The van der Waals surface area contributed by atoms with E-state index in [1.54, 1.807) is 0 Å². The molecule has 6 aromatic rings. The van der Waals surface area contributed by atoms with E-state index in [4.69, 9.17) is 0 Å². The molecule has 3 heteroatoms. The predicted molar refractivity (Wildman–Crippen MR) is 116 cm³/mol. The number of benzene rings is 3. The van der Waals surface area contributed by atoms with Gasteiger partial charge in [0, 0.05) is 24.5 Å². The minimum Gasteiger partial charge on any atom is -0.143 e. The van der Waals surface area contributed by atoms with E-state index in [2.05, 4.69) is 72.1 Å². The molecule has 0 aliphatic carbocycles. The zero-order chi connectivity index (χ0) is 16.4. The van der Waals surface area contributed by atoms with Crippen molar-refractivity contribution in [1.29, 1.82) is 0 Å². The van der Waals surface area contributed by atoms with Crippen LogP contribution in [0, 0.1) is 0 Å². The SMILES string of the molecule is c1csc(-c2cc3sc4cc5cc6ccccc6cc5cc4c3s2)c1. The Hall–Kier alpha value is -2.20. The molecule has 118 valence electrons. The van der Waals surface area contributed by atoms with Gasteiger partial charge in [0.25, 0.3) is 0 Å². The maximum atomic E-state index is 2.38. The second-order valence-electron chi connectivity index (χ2n) is 6.28. The molecule has 0 saturated carbocycles. The van der Waals surface area contributed by atoms with Crippen LogP contribution in [0.15, 0.2) is 72.1 Å². The van der Waals surface area contributed by atoms with Gasteiger partial charge in [0.2, 0.25) is 0 Å². The Labute approximate surface area is 156 Å². The molecule has 3 aromatic heterocycles. The smallest absolute Gasteiger partial charge is 0.0536 e. The Morgan fingerprint density at radius 3 is 2.12 bits per heavy atom. The Balaban J connectivity index is 1.67. The van der Waals surface area contributed by atoms with E-state index < -0.39 is 0 Å². The molecule has 0 spiro atoms. The quantitative estimate of drug-likeness (QED) is 0.255. The van der Waals surface area contributed by atoms with Gasteiger partial charge < -0.3 is 0 Å². The molecule has 6 rings (SSSR count). The second-order valence-corrected chi connectivity index (χ2v) is 9.36. The molecule has 0 radical (unpaired) electrons. The minimum absolute atomic E-state index is 1.31. The Bertz CT molecular complexity index is 1380. The van der Waals surface area contributed by atoms with Crippen LogP contribution in [0.3, 0.4) is 0 Å². The Kier molecular flexibility index (Phi) is 2.89. The van der Waals surface area contributed by atoms with Crippen LogP contribution in [0.2, 0.25) is 0 Å². The summed E-state index contributed by atoms with van der Waals surface area (Å²) in [5.41, 5.74) is 0. The monoisotopic (exact) mass is 372 g/mol. The van der Waals surface area contributed by atoms with Crippen molar-refractivity contribution in [3.8, 4) is 9.75 Å². The van der Waals surface area contributed by atoms with Crippen molar-refractivity contribution in [2.45, 2.75) is 0 Å². The van der Waals surface area contributed by atoms with Gasteiger partial charge in [0.05, 0.1) is 4.70 Å². The van der Waals surface area contributed by atoms with E-state index in [1.165, 1.54) is 50.8 Å². The number of rotatable bonds is 1. The molecule has 0 atom stereocenters. The van der Waals surface area contributed by atoms with Crippen molar-refractivity contribution in [2.24, 2.45) is 0 Å². The highest BCUT2D eigenvalue weighted by Crippen LogP contribution is 2.45. The summed E-state index contributed by atoms with van der Waals surface area (Å²) in [6.07, 6.45) is 0. The van der Waals surface area contributed by atoms with Crippen molar-refractivity contribution in [3.05, 3.63) is 72.1 Å². The van der Waals surface area contributed by atoms with Crippen LogP contribution in [0.4, 0.5) is 0 Å². The van der Waals surface area contributed by atoms with E-state index in [1.807, 2.05) is 34.0 Å². The number of thiophene rings is 3. The average Bonchev–Trinajstić information content (AvgIpc) is 3.33. The molecule has 0 aliphatic heterocycles. The van der Waals surface area contributed by atoms with E-state index in [0.717, 1.165) is 0 Å². The summed E-state index contributed by atoms with van der Waals surface area (Å²) < 4.78 is 4.23. The lowest BCUT2D eigenvalue weighted by atomic mass is 10.0. The molecule has 0 bridgehead atoms. The minimum atomic E-state index is 1.31. The molecule has 0 unspecified atom stereocenters. The van der Waals surface area contributed by atoms with Crippen LogP contribution in [-0.2, 0) is 0 Å². The Morgan fingerprint density at radius 1 is 0.560 bits per heavy atom. The fourth-order valence-corrected chi connectivity index (χ4v) is 6.90. The molecule has 3 heterocycles. The fraction of sp³-hybridized carbons (Fsp3) is 0. The highest BCUT2D eigenvalue weighted by Gasteiger charge is 2.12. The van der Waals surface area contributed by atoms with Crippen molar-refractivity contribution in [2.75, 3.05) is 0 Å². The van der Waals surface area contributed by atoms with Gasteiger partial charge in [-0.25, -0.2) is 0 Å². The molecule has 0 N–H and O–H groups in total. The summed E-state index contributed by atoms with van der Waals surface area (Å²) in [5, 5.41) is 8.84. The summed E-state index contributed by atoms with van der Waals surface area (Å²) >= 11 is 5.66. The van der Waals surface area contributed by atoms with Crippen molar-refractivity contribution in [1.82, 2.24) is 0 Å². The Morgan fingerprint density at radius 2 is 1.36 bits per heavy atom. The van der Waals surface area contributed by atoms with E-state index in [9.17, 15) is 0 Å². The van der Waals surface area contributed by atoms with Crippen molar-refractivity contribution >= 4 is 75.0 Å². The first-order chi connectivity index (χ1) is 12.3. The van der Waals surface area contributed by atoms with E-state index >= 15 is 0 Å². The second kappa shape index (κ2) is 5.15. The van der Waals surface area contributed by atoms with Gasteiger partial charge in [-0.05, 0) is 63.3 Å². The van der Waals surface area contributed by atoms with Crippen LogP contribution >= 0.6 is 34.0 Å². The van der Waals surface area contributed by atoms with Gasteiger partial charge >= 0.3 is 0 Å². The molecule has 0 amide bonds. The zero-order valence-electron chi connectivity index (χ0n) is 13.2. The molecular weight excluding hydrogens is 360 g/mol. The first-order valence-electron chi connectivity index (χ1n) is 8.18. The molecule has 0 aliphatic rings. The summed E-state index contributed by atoms with van der Waals surface area (Å²) in [6.45, 7) is 0. The fourth-order valence-electron chi connectivity index (χ4n) is 3.53. The van der Waals surface area contributed by atoms with Crippen molar-refractivity contribution < 1.29 is 0 Å². The zero-order valence-corrected chi connectivity index (χ0v) is 15.6. The van der Waals surface area contributed by atoms with Crippen LogP contribution in [0.25, 0.3) is 50.8 Å². The highest BCUT2D eigenvalue weighted by molar-refractivity contribution is 7.34. The van der Waals surface area contributed by atoms with E-state index in [0.29, 0.717) is 0 Å². The normalized spacial score (nSPS) is 12.0. The summed E-state index contributed by atoms with van der Waals surface area (Å²) in [4.78, 5) is 2.75. The van der Waals surface area contributed by atoms with Gasteiger partial charge in [-0.1, -0.05) is 30.3 Å². The lowest BCUT2D eigenvalue weighted by molar-refractivity contribution is 1.80. The predicted octanol–water partition coefficient (Wildman–Crippen LogP) is 8.15. The van der Waals surface area contributed by atoms with E-state index in [-0.39, 0.29) is 0 Å². The summed E-state index contributed by atoms with van der Waals surface area (Å²) in [5.74, 6) is 0. The largest absolute Gasteiger partial charge is 0.143 e. The third-order valence-electron chi connectivity index (χ3n) is 4.73. The molecule has 3 aromatic carbocycles. The molecule has 25 heavy (non-hydrogen) atoms. The van der Waals surface area contributed by atoms with Gasteiger partial charge in [-0.2, -0.15) is 0 Å². The number of hydrogen-bond donors (Lipinski definition) is 0. The van der Waals surface area contributed by atoms with Crippen LogP contribution in [0.1, 0.15) is 0 Å². The molecular formula is C22H12S3. The standard InChI is InChI=1S/C22H12S3/c1-2-5-14-9-16-11-19-17(10-15(16)8-13(14)4-1)22-21(24-19)12-20(25-22)18-6-3-7-23-18/h1-12H. The first-order valence-corrected chi connectivity index (χ1v) is 10.7. The van der Waals surface area contributed by atoms with Crippen LogP contribution < -0.4 is 0 Å². The first kappa shape index (κ1) is 14.0. The van der Waals surface area contributed by atoms with Crippen LogP contribution in [0.5, 0.6) is 0 Å². The maximum absolute atomic E-state index is 2.38. The van der Waals surface area contributed by atoms with Crippen molar-refractivity contribution in [3.63, 3.8) is 0 Å². The molecule has 0 saturated heterocycles. The topological polar surface area (TPSA) is 0 Å². The molecule has 0 fully saturated rings. The van der Waals surface area contributed by atoms with Gasteiger partial charge in [0.1, 0.15) is 0 Å². The maximum Gasteiger partial charge on any atom is 0.0536 e. The third-order valence-corrected chi connectivity index (χ3v) is 8.19. The van der Waals surface area contributed by atoms with Gasteiger partial charge in [-0.15, -0.1) is 34.0 Å².